The number of ketones is 1. The molecule has 1 aromatic carbocycles. The summed E-state index contributed by atoms with van der Waals surface area (Å²) in [6.45, 7) is 3.47. The molecule has 2 heterocycles. The Bertz CT molecular complexity index is 1380. The summed E-state index contributed by atoms with van der Waals surface area (Å²) < 4.78 is 10.7. The van der Waals surface area contributed by atoms with Gasteiger partial charge in [-0.3, -0.25) is 4.79 Å². The van der Waals surface area contributed by atoms with Gasteiger partial charge in [-0.2, -0.15) is 10.5 Å². The highest BCUT2D eigenvalue weighted by Crippen LogP contribution is 2.30. The number of aromatic carboxylic acids is 1. The van der Waals surface area contributed by atoms with Crippen molar-refractivity contribution in [3.8, 4) is 23.5 Å². The number of nitriles is 2. The van der Waals surface area contributed by atoms with Gasteiger partial charge in [0.15, 0.2) is 5.78 Å². The van der Waals surface area contributed by atoms with E-state index in [9.17, 15) is 24.9 Å². The minimum atomic E-state index is -1.04. The molecule has 34 heavy (non-hydrogen) atoms. The van der Waals surface area contributed by atoms with Crippen LogP contribution < -0.4 is 0 Å². The number of carbonyl (C=O) groups excluding carboxylic acids is 2. The number of carbonyl (C=O) groups is 3. The van der Waals surface area contributed by atoms with Crippen molar-refractivity contribution >= 4 is 35.1 Å². The Morgan fingerprint density at radius 2 is 1.85 bits per heavy atom. The molecule has 170 valence electrons. The standard InChI is InChI=1S/C25H18N2O6S/c1-3-32-25(31)23-14(2)19(13-27)22(34-23)11-20(28)17(12-26)10-18-8-9-21(33-18)15-4-6-16(7-5-15)24(29)30/h4-10H,3,11H2,1-2H3,(H,29,30)/b17-10+. The number of Topliss-reactive ketones (excluding diaryl/α,β-unsaturated/α-hetero) is 1. The Kier molecular flexibility index (Phi) is 7.42. The third-order valence-corrected chi connectivity index (χ3v) is 6.14. The van der Waals surface area contributed by atoms with E-state index in [1.807, 2.05) is 12.1 Å². The summed E-state index contributed by atoms with van der Waals surface area (Å²) in [4.78, 5) is 36.6. The molecule has 0 aliphatic heterocycles. The number of rotatable bonds is 8. The first kappa shape index (κ1) is 24.2. The number of nitrogens with zero attached hydrogens (tertiary/aromatic N) is 2. The van der Waals surface area contributed by atoms with Gasteiger partial charge in [0.05, 0.1) is 23.3 Å². The van der Waals surface area contributed by atoms with Gasteiger partial charge < -0.3 is 14.3 Å². The normalized spacial score (nSPS) is 10.9. The second-order valence-electron chi connectivity index (χ2n) is 7.04. The van der Waals surface area contributed by atoms with Gasteiger partial charge in [0, 0.05) is 22.9 Å². The van der Waals surface area contributed by atoms with Crippen LogP contribution in [-0.4, -0.2) is 29.4 Å². The summed E-state index contributed by atoms with van der Waals surface area (Å²) in [7, 11) is 0. The van der Waals surface area contributed by atoms with E-state index in [0.29, 0.717) is 21.8 Å². The summed E-state index contributed by atoms with van der Waals surface area (Å²) in [6, 6.07) is 13.2. The van der Waals surface area contributed by atoms with Crippen LogP contribution in [0.3, 0.4) is 0 Å². The van der Waals surface area contributed by atoms with Gasteiger partial charge in [-0.05, 0) is 43.7 Å². The molecular weight excluding hydrogens is 456 g/mol. The first-order chi connectivity index (χ1) is 16.3. The SMILES string of the molecule is CCOC(=O)c1sc(CC(=O)/C(C#N)=C/c2ccc(-c3ccc(C(=O)O)cc3)o2)c(C#N)c1C. The molecular formula is C25H18N2O6S. The maximum Gasteiger partial charge on any atom is 0.348 e. The predicted octanol–water partition coefficient (Wildman–Crippen LogP) is 4.78. The third-order valence-electron chi connectivity index (χ3n) is 4.86. The maximum absolute atomic E-state index is 12.8. The maximum atomic E-state index is 12.8. The first-order valence-electron chi connectivity index (χ1n) is 10.1. The van der Waals surface area contributed by atoms with E-state index in [1.165, 1.54) is 18.2 Å². The van der Waals surface area contributed by atoms with Crippen LogP contribution in [0.4, 0.5) is 0 Å². The quantitative estimate of drug-likeness (QED) is 0.279. The fourth-order valence-electron chi connectivity index (χ4n) is 3.16. The molecule has 0 amide bonds. The zero-order valence-electron chi connectivity index (χ0n) is 18.2. The number of hydrogen-bond donors (Lipinski definition) is 1. The van der Waals surface area contributed by atoms with Crippen LogP contribution in [0.1, 0.15) is 48.7 Å². The number of carboxylic acid groups (broad SMARTS) is 1. The molecule has 0 spiro atoms. The molecule has 0 unspecified atom stereocenters. The van der Waals surface area contributed by atoms with Gasteiger partial charge in [0.1, 0.15) is 28.5 Å². The van der Waals surface area contributed by atoms with E-state index in [4.69, 9.17) is 14.3 Å². The summed E-state index contributed by atoms with van der Waals surface area (Å²) in [5.41, 5.74) is 1.27. The highest BCUT2D eigenvalue weighted by atomic mass is 32.1. The van der Waals surface area contributed by atoms with Crippen LogP contribution >= 0.6 is 11.3 Å². The number of esters is 1. The van der Waals surface area contributed by atoms with E-state index >= 15 is 0 Å². The number of benzene rings is 1. The highest BCUT2D eigenvalue weighted by Gasteiger charge is 2.23. The molecule has 8 nitrogen and oxygen atoms in total. The van der Waals surface area contributed by atoms with Crippen molar-refractivity contribution in [1.82, 2.24) is 0 Å². The van der Waals surface area contributed by atoms with E-state index in [0.717, 1.165) is 11.3 Å². The molecule has 0 aliphatic carbocycles. The van der Waals surface area contributed by atoms with E-state index < -0.39 is 17.7 Å². The molecule has 0 bridgehead atoms. The molecule has 0 radical (unpaired) electrons. The predicted molar refractivity (Wildman–Crippen MR) is 123 cm³/mol. The molecule has 0 atom stereocenters. The van der Waals surface area contributed by atoms with Crippen molar-refractivity contribution in [2.24, 2.45) is 0 Å². The second kappa shape index (κ2) is 10.4. The minimum Gasteiger partial charge on any atom is -0.478 e. The highest BCUT2D eigenvalue weighted by molar-refractivity contribution is 7.14. The number of furan rings is 1. The van der Waals surface area contributed by atoms with Gasteiger partial charge in [-0.25, -0.2) is 9.59 Å². The average Bonchev–Trinajstić information content (AvgIpc) is 3.41. The number of thiophene rings is 1. The lowest BCUT2D eigenvalue weighted by atomic mass is 10.0. The average molecular weight is 474 g/mol. The van der Waals surface area contributed by atoms with Crippen LogP contribution in [0, 0.1) is 29.6 Å². The van der Waals surface area contributed by atoms with Gasteiger partial charge in [0.2, 0.25) is 0 Å². The van der Waals surface area contributed by atoms with Crippen molar-refractivity contribution in [2.45, 2.75) is 20.3 Å². The largest absolute Gasteiger partial charge is 0.478 e. The first-order valence-corrected chi connectivity index (χ1v) is 10.9. The Labute approximate surface area is 198 Å². The topological polar surface area (TPSA) is 141 Å². The smallest absolute Gasteiger partial charge is 0.348 e. The van der Waals surface area contributed by atoms with Crippen molar-refractivity contribution in [2.75, 3.05) is 6.61 Å². The number of ether oxygens (including phenoxy) is 1. The minimum absolute atomic E-state index is 0.138. The van der Waals surface area contributed by atoms with Crippen molar-refractivity contribution < 1.29 is 28.6 Å². The molecule has 9 heteroatoms. The lowest BCUT2D eigenvalue weighted by Gasteiger charge is -1.99. The molecule has 1 N–H and O–H groups in total. The van der Waals surface area contributed by atoms with Crippen LogP contribution in [-0.2, 0) is 16.0 Å². The summed E-state index contributed by atoms with van der Waals surface area (Å²) in [6.07, 6.45) is 1.08. The van der Waals surface area contributed by atoms with Gasteiger partial charge >= 0.3 is 11.9 Å². The lowest BCUT2D eigenvalue weighted by Crippen LogP contribution is -2.05. The fourth-order valence-corrected chi connectivity index (χ4v) is 4.30. The lowest BCUT2D eigenvalue weighted by molar-refractivity contribution is -0.114. The van der Waals surface area contributed by atoms with Crippen LogP contribution in [0.25, 0.3) is 17.4 Å². The molecule has 3 rings (SSSR count). The zero-order valence-corrected chi connectivity index (χ0v) is 19.1. The van der Waals surface area contributed by atoms with Gasteiger partial charge in [-0.1, -0.05) is 12.1 Å². The number of carboxylic acids is 1. The molecule has 0 aliphatic rings. The van der Waals surface area contributed by atoms with E-state index in [1.54, 1.807) is 38.1 Å². The van der Waals surface area contributed by atoms with Crippen LogP contribution in [0.5, 0.6) is 0 Å². The van der Waals surface area contributed by atoms with Crippen molar-refractivity contribution in [3.63, 3.8) is 0 Å². The van der Waals surface area contributed by atoms with Gasteiger partial charge in [-0.15, -0.1) is 11.3 Å². The third kappa shape index (κ3) is 5.12. The Morgan fingerprint density at radius 1 is 1.15 bits per heavy atom. The molecule has 3 aromatic rings. The monoisotopic (exact) mass is 474 g/mol. The van der Waals surface area contributed by atoms with Crippen LogP contribution in [0.2, 0.25) is 0 Å². The molecule has 0 fully saturated rings. The Morgan fingerprint density at radius 3 is 2.44 bits per heavy atom. The van der Waals surface area contributed by atoms with Gasteiger partial charge in [0.25, 0.3) is 0 Å². The van der Waals surface area contributed by atoms with Crippen molar-refractivity contribution in [1.29, 1.82) is 10.5 Å². The number of hydrogen-bond acceptors (Lipinski definition) is 8. The van der Waals surface area contributed by atoms with E-state index in [-0.39, 0.29) is 40.4 Å². The van der Waals surface area contributed by atoms with E-state index in [2.05, 4.69) is 0 Å². The summed E-state index contributed by atoms with van der Waals surface area (Å²) in [5.74, 6) is -1.43. The zero-order chi connectivity index (χ0) is 24.8. The Hall–Kier alpha value is -4.47. The number of allylic oxidation sites excluding steroid dienone is 1. The summed E-state index contributed by atoms with van der Waals surface area (Å²) >= 11 is 1.01. The molecule has 0 saturated carbocycles. The molecule has 2 aromatic heterocycles. The summed E-state index contributed by atoms with van der Waals surface area (Å²) in [5, 5.41) is 28.0. The Balaban J connectivity index is 1.83. The second-order valence-corrected chi connectivity index (χ2v) is 8.15. The molecule has 0 saturated heterocycles. The fraction of sp³-hybridized carbons (Fsp3) is 0.160. The van der Waals surface area contributed by atoms with Crippen molar-refractivity contribution in [3.05, 3.63) is 74.2 Å². The van der Waals surface area contributed by atoms with Crippen LogP contribution in [0.15, 0.2) is 46.4 Å².